The summed E-state index contributed by atoms with van der Waals surface area (Å²) < 4.78 is 14.2. The van der Waals surface area contributed by atoms with Gasteiger partial charge in [-0.2, -0.15) is 4.37 Å². The Morgan fingerprint density at radius 2 is 2.31 bits per heavy atom. The Kier molecular flexibility index (Phi) is 3.56. The average Bonchev–Trinajstić information content (AvgIpc) is 2.48. The molecule has 1 rings (SSSR count). The van der Waals surface area contributed by atoms with Gasteiger partial charge in [0.05, 0.1) is 11.3 Å². The zero-order chi connectivity index (χ0) is 9.84. The van der Waals surface area contributed by atoms with E-state index < -0.39 is 6.16 Å². The molecule has 0 atom stereocenters. The van der Waals surface area contributed by atoms with Gasteiger partial charge >= 0.3 is 6.16 Å². The molecule has 0 aliphatic carbocycles. The largest absolute Gasteiger partial charge is 0.514 e. The number of hydrogen-bond acceptors (Lipinski definition) is 6. The number of carbonyl (C=O) groups is 1. The molecule has 6 heteroatoms. The van der Waals surface area contributed by atoms with E-state index in [1.807, 2.05) is 13.2 Å². The van der Waals surface area contributed by atoms with Crippen LogP contribution in [-0.4, -0.2) is 23.9 Å². The first kappa shape index (κ1) is 10.3. The number of rotatable bonds is 2. The molecule has 1 heterocycles. The van der Waals surface area contributed by atoms with Crippen LogP contribution in [0.15, 0.2) is 4.21 Å². The van der Waals surface area contributed by atoms with E-state index in [0.29, 0.717) is 5.88 Å². The first-order chi connectivity index (χ1) is 6.19. The number of carbonyl (C=O) groups excluding carboxylic acids is 1. The van der Waals surface area contributed by atoms with Crippen LogP contribution in [-0.2, 0) is 4.74 Å². The predicted molar refractivity (Wildman–Crippen MR) is 51.7 cm³/mol. The van der Waals surface area contributed by atoms with Crippen molar-refractivity contribution in [1.82, 2.24) is 4.37 Å². The fourth-order valence-electron chi connectivity index (χ4n) is 0.713. The lowest BCUT2D eigenvalue weighted by molar-refractivity contribution is 0.119. The number of hydrogen-bond donors (Lipinski definition) is 0. The van der Waals surface area contributed by atoms with Gasteiger partial charge in [0, 0.05) is 5.56 Å². The Morgan fingerprint density at radius 3 is 2.77 bits per heavy atom. The quantitative estimate of drug-likeness (QED) is 0.564. The van der Waals surface area contributed by atoms with Crippen LogP contribution in [0.4, 0.5) is 4.79 Å². The van der Waals surface area contributed by atoms with Crippen molar-refractivity contribution in [2.75, 3.05) is 13.4 Å². The summed E-state index contributed by atoms with van der Waals surface area (Å²) in [5, 5.41) is 0. The highest BCUT2D eigenvalue weighted by Gasteiger charge is 2.13. The third kappa shape index (κ3) is 2.35. The van der Waals surface area contributed by atoms with E-state index in [1.54, 1.807) is 11.8 Å². The molecule has 0 N–H and O–H groups in total. The Bertz CT molecular complexity index is 311. The molecule has 0 aliphatic heterocycles. The summed E-state index contributed by atoms with van der Waals surface area (Å²) in [6, 6.07) is 0. The number of thioether (sulfide) groups is 1. The molecular formula is C7H9NO3S2. The minimum absolute atomic E-state index is 0.334. The summed E-state index contributed by atoms with van der Waals surface area (Å²) >= 11 is 2.88. The van der Waals surface area contributed by atoms with Crippen molar-refractivity contribution < 1.29 is 14.3 Å². The van der Waals surface area contributed by atoms with Crippen LogP contribution in [0.2, 0.25) is 0 Å². The molecule has 0 aromatic carbocycles. The Morgan fingerprint density at radius 1 is 1.62 bits per heavy atom. The minimum atomic E-state index is -0.735. The van der Waals surface area contributed by atoms with Crippen molar-refractivity contribution in [3.63, 3.8) is 0 Å². The maximum absolute atomic E-state index is 10.7. The highest BCUT2D eigenvalue weighted by atomic mass is 32.2. The van der Waals surface area contributed by atoms with Gasteiger partial charge in [-0.15, -0.1) is 11.8 Å². The van der Waals surface area contributed by atoms with Gasteiger partial charge in [-0.1, -0.05) is 0 Å². The van der Waals surface area contributed by atoms with Gasteiger partial charge in [-0.25, -0.2) is 4.79 Å². The summed E-state index contributed by atoms with van der Waals surface area (Å²) in [6.45, 7) is 1.85. The number of aromatic nitrogens is 1. The highest BCUT2D eigenvalue weighted by molar-refractivity contribution is 8.00. The lowest BCUT2D eigenvalue weighted by Crippen LogP contribution is -2.08. The first-order valence-electron chi connectivity index (χ1n) is 3.45. The van der Waals surface area contributed by atoms with Crippen LogP contribution in [0.25, 0.3) is 0 Å². The van der Waals surface area contributed by atoms with Gasteiger partial charge in [0.15, 0.2) is 0 Å². The van der Waals surface area contributed by atoms with Gasteiger partial charge in [0.25, 0.3) is 0 Å². The highest BCUT2D eigenvalue weighted by Crippen LogP contribution is 2.31. The van der Waals surface area contributed by atoms with Crippen molar-refractivity contribution >= 4 is 29.4 Å². The maximum Gasteiger partial charge on any atom is 0.514 e. The third-order valence-electron chi connectivity index (χ3n) is 1.37. The molecule has 0 fully saturated rings. The molecule has 1 aromatic heterocycles. The molecule has 4 nitrogen and oxygen atoms in total. The molecule has 0 saturated carbocycles. The lowest BCUT2D eigenvalue weighted by Gasteiger charge is -1.98. The van der Waals surface area contributed by atoms with E-state index in [0.717, 1.165) is 9.77 Å². The molecule has 1 aromatic rings. The second-order valence-corrected chi connectivity index (χ2v) is 4.01. The monoisotopic (exact) mass is 219 g/mol. The summed E-state index contributed by atoms with van der Waals surface area (Å²) in [7, 11) is 1.26. The summed E-state index contributed by atoms with van der Waals surface area (Å²) in [4.78, 5) is 10.7. The topological polar surface area (TPSA) is 48.4 Å². The lowest BCUT2D eigenvalue weighted by atomic mass is 10.4. The molecule has 0 spiro atoms. The van der Waals surface area contributed by atoms with E-state index in [2.05, 4.69) is 9.11 Å². The van der Waals surface area contributed by atoms with Crippen molar-refractivity contribution in [2.45, 2.75) is 11.1 Å². The molecule has 0 bridgehead atoms. The second-order valence-electron chi connectivity index (χ2n) is 2.16. The van der Waals surface area contributed by atoms with Gasteiger partial charge in [-0.05, 0) is 24.7 Å². The van der Waals surface area contributed by atoms with Crippen LogP contribution in [0.5, 0.6) is 5.88 Å². The molecule has 13 heavy (non-hydrogen) atoms. The smallest absolute Gasteiger partial charge is 0.437 e. The van der Waals surface area contributed by atoms with Crippen LogP contribution < -0.4 is 4.74 Å². The van der Waals surface area contributed by atoms with Crippen molar-refractivity contribution in [3.8, 4) is 5.88 Å². The third-order valence-corrected chi connectivity index (χ3v) is 3.50. The normalized spacial score (nSPS) is 9.77. The molecule has 0 saturated heterocycles. The fraction of sp³-hybridized carbons (Fsp3) is 0.429. The van der Waals surface area contributed by atoms with Crippen LogP contribution >= 0.6 is 23.3 Å². The second kappa shape index (κ2) is 4.48. The first-order valence-corrected chi connectivity index (χ1v) is 5.45. The predicted octanol–water partition coefficient (Wildman–Crippen LogP) is 2.32. The van der Waals surface area contributed by atoms with Crippen LogP contribution in [0.1, 0.15) is 5.56 Å². The maximum atomic E-state index is 10.7. The van der Waals surface area contributed by atoms with Crippen LogP contribution in [0.3, 0.4) is 0 Å². The Hall–Kier alpha value is -0.750. The Balaban J connectivity index is 2.78. The van der Waals surface area contributed by atoms with Gasteiger partial charge in [-0.3, -0.25) is 0 Å². The number of ether oxygens (including phenoxy) is 2. The average molecular weight is 219 g/mol. The van der Waals surface area contributed by atoms with Crippen molar-refractivity contribution in [2.24, 2.45) is 0 Å². The molecule has 0 aliphatic rings. The van der Waals surface area contributed by atoms with Crippen LogP contribution in [0, 0.1) is 6.92 Å². The molecule has 0 radical (unpaired) electrons. The Labute approximate surface area is 84.4 Å². The zero-order valence-electron chi connectivity index (χ0n) is 7.49. The summed E-state index contributed by atoms with van der Waals surface area (Å²) in [5.41, 5.74) is 0.878. The van der Waals surface area contributed by atoms with Gasteiger partial charge in [0.2, 0.25) is 5.88 Å². The van der Waals surface area contributed by atoms with E-state index in [9.17, 15) is 4.79 Å². The van der Waals surface area contributed by atoms with Gasteiger partial charge in [0.1, 0.15) is 0 Å². The zero-order valence-corrected chi connectivity index (χ0v) is 9.12. The fourth-order valence-corrected chi connectivity index (χ4v) is 2.08. The molecule has 72 valence electrons. The molecular weight excluding hydrogens is 210 g/mol. The summed E-state index contributed by atoms with van der Waals surface area (Å²) in [6.07, 6.45) is 1.21. The van der Waals surface area contributed by atoms with Crippen molar-refractivity contribution in [3.05, 3.63) is 5.56 Å². The summed E-state index contributed by atoms with van der Waals surface area (Å²) in [5.74, 6) is 0.334. The van der Waals surface area contributed by atoms with E-state index in [1.165, 1.54) is 18.6 Å². The number of methoxy groups -OCH3 is 1. The SMILES string of the molecule is COC(=O)Oc1nsc(SC)c1C. The van der Waals surface area contributed by atoms with Crippen molar-refractivity contribution in [1.29, 1.82) is 0 Å². The van der Waals surface area contributed by atoms with E-state index in [4.69, 9.17) is 4.74 Å². The standard InChI is InChI=1S/C7H9NO3S2/c1-4-5(11-7(9)10-2)8-13-6(4)12-3/h1-3H3. The molecule has 0 unspecified atom stereocenters. The number of nitrogens with zero attached hydrogens (tertiary/aromatic N) is 1. The van der Waals surface area contributed by atoms with E-state index >= 15 is 0 Å². The van der Waals surface area contributed by atoms with E-state index in [-0.39, 0.29) is 0 Å². The van der Waals surface area contributed by atoms with Gasteiger partial charge < -0.3 is 9.47 Å². The minimum Gasteiger partial charge on any atom is -0.437 e. The molecule has 0 amide bonds.